The number of anilines is 2. The quantitative estimate of drug-likeness (QED) is 0.892. The minimum Gasteiger partial charge on any atom is -0.381 e. The molecule has 0 atom stereocenters. The number of nitrogens with one attached hydrogen (secondary N) is 1. The Morgan fingerprint density at radius 2 is 1.95 bits per heavy atom. The van der Waals surface area contributed by atoms with Gasteiger partial charge >= 0.3 is 0 Å². The van der Waals surface area contributed by atoms with Crippen LogP contribution in [0, 0.1) is 5.82 Å². The zero-order chi connectivity index (χ0) is 14.7. The molecule has 0 aliphatic heterocycles. The fraction of sp³-hybridized carbons (Fsp3) is 0.438. The molecule has 0 spiro atoms. The van der Waals surface area contributed by atoms with Gasteiger partial charge in [-0.15, -0.1) is 0 Å². The van der Waals surface area contributed by atoms with Gasteiger partial charge in [-0.3, -0.25) is 0 Å². The van der Waals surface area contributed by atoms with Crippen LogP contribution in [0.4, 0.5) is 15.9 Å². The Kier molecular flexibility index (Phi) is 4.42. The smallest absolute Gasteiger partial charge is 0.139 e. The van der Waals surface area contributed by atoms with Crippen LogP contribution in [0.1, 0.15) is 27.7 Å². The molecule has 1 aromatic carbocycles. The van der Waals surface area contributed by atoms with E-state index in [0.717, 1.165) is 30.0 Å². The molecule has 0 amide bonds. The standard InChI is InChI=1S/C16H22FN3/c1-5-20(6-2)16-15-12(8-7-9-13(15)17)14(10-18-16)19-11(3)4/h7-11,19H,5-6H2,1-4H3. The fourth-order valence-electron chi connectivity index (χ4n) is 2.42. The van der Waals surface area contributed by atoms with Crippen molar-refractivity contribution in [3.63, 3.8) is 0 Å². The topological polar surface area (TPSA) is 28.2 Å². The van der Waals surface area contributed by atoms with E-state index in [1.54, 1.807) is 12.3 Å². The van der Waals surface area contributed by atoms with Gasteiger partial charge in [0, 0.05) is 24.5 Å². The number of pyridine rings is 1. The molecular weight excluding hydrogens is 253 g/mol. The zero-order valence-corrected chi connectivity index (χ0v) is 12.6. The van der Waals surface area contributed by atoms with Crippen molar-refractivity contribution < 1.29 is 4.39 Å². The summed E-state index contributed by atoms with van der Waals surface area (Å²) < 4.78 is 14.3. The first-order valence-corrected chi connectivity index (χ1v) is 7.17. The van der Waals surface area contributed by atoms with Crippen molar-refractivity contribution in [1.29, 1.82) is 0 Å². The van der Waals surface area contributed by atoms with Crippen LogP contribution in [0.2, 0.25) is 0 Å². The van der Waals surface area contributed by atoms with E-state index in [0.29, 0.717) is 5.39 Å². The lowest BCUT2D eigenvalue weighted by Gasteiger charge is -2.23. The van der Waals surface area contributed by atoms with Crippen LogP contribution in [0.5, 0.6) is 0 Å². The summed E-state index contributed by atoms with van der Waals surface area (Å²) in [4.78, 5) is 6.56. The third kappa shape index (κ3) is 2.69. The molecule has 1 N–H and O–H groups in total. The van der Waals surface area contributed by atoms with Crippen molar-refractivity contribution in [3.8, 4) is 0 Å². The summed E-state index contributed by atoms with van der Waals surface area (Å²) in [6.45, 7) is 9.84. The summed E-state index contributed by atoms with van der Waals surface area (Å²) >= 11 is 0. The van der Waals surface area contributed by atoms with Crippen molar-refractivity contribution >= 4 is 22.3 Å². The SMILES string of the molecule is CCN(CC)c1ncc(NC(C)C)c2cccc(F)c12. The van der Waals surface area contributed by atoms with Gasteiger partial charge in [0.15, 0.2) is 0 Å². The van der Waals surface area contributed by atoms with Crippen LogP contribution in [0.25, 0.3) is 10.8 Å². The van der Waals surface area contributed by atoms with Crippen LogP contribution in [-0.2, 0) is 0 Å². The largest absolute Gasteiger partial charge is 0.381 e. The van der Waals surface area contributed by atoms with Crippen LogP contribution in [0.15, 0.2) is 24.4 Å². The molecule has 0 radical (unpaired) electrons. The maximum absolute atomic E-state index is 14.3. The highest BCUT2D eigenvalue weighted by molar-refractivity contribution is 6.00. The van der Waals surface area contributed by atoms with E-state index in [9.17, 15) is 4.39 Å². The van der Waals surface area contributed by atoms with Crippen molar-refractivity contribution in [2.45, 2.75) is 33.7 Å². The van der Waals surface area contributed by atoms with Crippen molar-refractivity contribution in [3.05, 3.63) is 30.2 Å². The summed E-state index contributed by atoms with van der Waals surface area (Å²) in [6, 6.07) is 5.46. The van der Waals surface area contributed by atoms with Crippen LogP contribution >= 0.6 is 0 Å². The zero-order valence-electron chi connectivity index (χ0n) is 12.6. The normalized spacial score (nSPS) is 11.1. The molecular formula is C16H22FN3. The van der Waals surface area contributed by atoms with E-state index in [1.807, 2.05) is 6.07 Å². The van der Waals surface area contributed by atoms with E-state index < -0.39 is 0 Å². The van der Waals surface area contributed by atoms with Crippen LogP contribution < -0.4 is 10.2 Å². The molecule has 0 aliphatic carbocycles. The van der Waals surface area contributed by atoms with Gasteiger partial charge < -0.3 is 10.2 Å². The molecule has 20 heavy (non-hydrogen) atoms. The Morgan fingerprint density at radius 3 is 2.55 bits per heavy atom. The number of nitrogens with zero attached hydrogens (tertiary/aromatic N) is 2. The molecule has 0 bridgehead atoms. The van der Waals surface area contributed by atoms with Gasteiger partial charge in [0.2, 0.25) is 0 Å². The minimum absolute atomic E-state index is 0.218. The molecule has 2 aromatic rings. The second-order valence-electron chi connectivity index (χ2n) is 5.13. The highest BCUT2D eigenvalue weighted by Gasteiger charge is 2.15. The first-order chi connectivity index (χ1) is 9.58. The van der Waals surface area contributed by atoms with Gasteiger partial charge in [-0.2, -0.15) is 0 Å². The molecule has 108 valence electrons. The van der Waals surface area contributed by atoms with Crippen LogP contribution in [-0.4, -0.2) is 24.1 Å². The summed E-state index contributed by atoms with van der Waals surface area (Å²) in [5.41, 5.74) is 0.880. The number of fused-ring (bicyclic) bond motifs is 1. The number of rotatable bonds is 5. The summed E-state index contributed by atoms with van der Waals surface area (Å²) in [7, 11) is 0. The molecule has 2 rings (SSSR count). The molecule has 1 aromatic heterocycles. The Hall–Kier alpha value is -1.84. The van der Waals surface area contributed by atoms with E-state index in [4.69, 9.17) is 0 Å². The molecule has 1 heterocycles. The molecule has 0 saturated heterocycles. The summed E-state index contributed by atoms with van der Waals surface area (Å²) in [5, 5.41) is 4.81. The van der Waals surface area contributed by atoms with Gasteiger partial charge in [0.25, 0.3) is 0 Å². The molecule has 4 heteroatoms. The predicted molar refractivity (Wildman–Crippen MR) is 84.0 cm³/mol. The van der Waals surface area contributed by atoms with E-state index in [2.05, 4.69) is 42.9 Å². The van der Waals surface area contributed by atoms with Gasteiger partial charge in [0.05, 0.1) is 17.3 Å². The van der Waals surface area contributed by atoms with E-state index >= 15 is 0 Å². The Labute approximate surface area is 119 Å². The molecule has 0 aliphatic rings. The average Bonchev–Trinajstić information content (AvgIpc) is 2.42. The first-order valence-electron chi connectivity index (χ1n) is 7.17. The molecule has 0 unspecified atom stereocenters. The highest BCUT2D eigenvalue weighted by atomic mass is 19.1. The predicted octanol–water partition coefficient (Wildman–Crippen LogP) is 4.04. The summed E-state index contributed by atoms with van der Waals surface area (Å²) in [5.74, 6) is 0.502. The fourth-order valence-corrected chi connectivity index (χ4v) is 2.42. The summed E-state index contributed by atoms with van der Waals surface area (Å²) in [6.07, 6.45) is 1.80. The number of aromatic nitrogens is 1. The maximum Gasteiger partial charge on any atom is 0.139 e. The minimum atomic E-state index is -0.218. The van der Waals surface area contributed by atoms with E-state index in [-0.39, 0.29) is 11.9 Å². The molecule has 0 saturated carbocycles. The van der Waals surface area contributed by atoms with Crippen molar-refractivity contribution in [1.82, 2.24) is 4.98 Å². The lowest BCUT2D eigenvalue weighted by Crippen LogP contribution is -2.23. The van der Waals surface area contributed by atoms with Gasteiger partial charge in [-0.25, -0.2) is 9.37 Å². The van der Waals surface area contributed by atoms with Gasteiger partial charge in [0.1, 0.15) is 11.6 Å². The lowest BCUT2D eigenvalue weighted by molar-refractivity contribution is 0.639. The van der Waals surface area contributed by atoms with Gasteiger partial charge in [-0.1, -0.05) is 12.1 Å². The molecule has 0 fully saturated rings. The maximum atomic E-state index is 14.3. The van der Waals surface area contributed by atoms with Crippen molar-refractivity contribution in [2.24, 2.45) is 0 Å². The van der Waals surface area contributed by atoms with Crippen molar-refractivity contribution in [2.75, 3.05) is 23.3 Å². The molecule has 3 nitrogen and oxygen atoms in total. The number of hydrogen-bond donors (Lipinski definition) is 1. The first kappa shape index (κ1) is 14.6. The Morgan fingerprint density at radius 1 is 1.25 bits per heavy atom. The number of halogens is 1. The van der Waals surface area contributed by atoms with E-state index in [1.165, 1.54) is 6.07 Å². The third-order valence-corrected chi connectivity index (χ3v) is 3.35. The second-order valence-corrected chi connectivity index (χ2v) is 5.13. The average molecular weight is 275 g/mol. The second kappa shape index (κ2) is 6.07. The van der Waals surface area contributed by atoms with Crippen LogP contribution in [0.3, 0.4) is 0 Å². The third-order valence-electron chi connectivity index (χ3n) is 3.35. The van der Waals surface area contributed by atoms with Gasteiger partial charge in [-0.05, 0) is 33.8 Å². The number of hydrogen-bond acceptors (Lipinski definition) is 3. The lowest BCUT2D eigenvalue weighted by atomic mass is 10.1. The Bertz CT molecular complexity index is 592. The highest BCUT2D eigenvalue weighted by Crippen LogP contribution is 2.32. The Balaban J connectivity index is 2.67. The number of benzene rings is 1. The monoisotopic (exact) mass is 275 g/mol.